The standard InChI is InChI=1S/C10H11N3O/c14-9(7-10-12-5-6-13-10)8-3-1-2-4-11-8/h1-6,9,14H,7H2,(H,12,13). The Labute approximate surface area is 81.7 Å². The summed E-state index contributed by atoms with van der Waals surface area (Å²) < 4.78 is 0. The van der Waals surface area contributed by atoms with Crippen molar-refractivity contribution in [3.63, 3.8) is 0 Å². The highest BCUT2D eigenvalue weighted by molar-refractivity contribution is 5.08. The number of rotatable bonds is 3. The van der Waals surface area contributed by atoms with E-state index in [1.807, 2.05) is 12.1 Å². The van der Waals surface area contributed by atoms with Crippen LogP contribution in [0, 0.1) is 0 Å². The van der Waals surface area contributed by atoms with Gasteiger partial charge in [-0.3, -0.25) is 4.98 Å². The smallest absolute Gasteiger partial charge is 0.109 e. The molecule has 1 unspecified atom stereocenters. The van der Waals surface area contributed by atoms with Crippen LogP contribution < -0.4 is 0 Å². The van der Waals surface area contributed by atoms with Crippen LogP contribution >= 0.6 is 0 Å². The molecule has 0 aromatic carbocycles. The second kappa shape index (κ2) is 4.02. The highest BCUT2D eigenvalue weighted by Gasteiger charge is 2.10. The van der Waals surface area contributed by atoms with Crippen LogP contribution in [0.5, 0.6) is 0 Å². The van der Waals surface area contributed by atoms with Gasteiger partial charge in [0.15, 0.2) is 0 Å². The molecule has 0 aliphatic rings. The van der Waals surface area contributed by atoms with Crippen molar-refractivity contribution in [2.45, 2.75) is 12.5 Å². The Morgan fingerprint density at radius 2 is 2.21 bits per heavy atom. The van der Waals surface area contributed by atoms with Crippen LogP contribution in [0.1, 0.15) is 17.6 Å². The lowest BCUT2D eigenvalue weighted by Gasteiger charge is -2.07. The topological polar surface area (TPSA) is 61.8 Å². The Morgan fingerprint density at radius 1 is 1.29 bits per heavy atom. The minimum atomic E-state index is -0.595. The molecule has 2 aromatic rings. The maximum absolute atomic E-state index is 9.77. The van der Waals surface area contributed by atoms with Crippen molar-refractivity contribution in [2.75, 3.05) is 0 Å². The minimum absolute atomic E-state index is 0.462. The van der Waals surface area contributed by atoms with Gasteiger partial charge < -0.3 is 10.1 Å². The molecule has 0 saturated heterocycles. The van der Waals surface area contributed by atoms with Crippen LogP contribution in [0.2, 0.25) is 0 Å². The summed E-state index contributed by atoms with van der Waals surface area (Å²) in [5, 5.41) is 9.77. The highest BCUT2D eigenvalue weighted by Crippen LogP contribution is 2.12. The first-order chi connectivity index (χ1) is 6.86. The van der Waals surface area contributed by atoms with Crippen LogP contribution in [0.3, 0.4) is 0 Å². The number of H-pyrrole nitrogens is 1. The lowest BCUT2D eigenvalue weighted by Crippen LogP contribution is -2.04. The Kier molecular flexibility index (Phi) is 2.55. The van der Waals surface area contributed by atoms with E-state index in [1.54, 1.807) is 24.7 Å². The summed E-state index contributed by atoms with van der Waals surface area (Å²) in [6.45, 7) is 0. The number of nitrogens with zero attached hydrogens (tertiary/aromatic N) is 2. The number of imidazole rings is 1. The lowest BCUT2D eigenvalue weighted by molar-refractivity contribution is 0.171. The summed E-state index contributed by atoms with van der Waals surface area (Å²) in [5.41, 5.74) is 0.670. The fourth-order valence-corrected chi connectivity index (χ4v) is 1.27. The number of aromatic nitrogens is 3. The van der Waals surface area contributed by atoms with Crippen molar-refractivity contribution in [3.05, 3.63) is 48.3 Å². The van der Waals surface area contributed by atoms with Gasteiger partial charge in [0.05, 0.1) is 5.69 Å². The van der Waals surface area contributed by atoms with E-state index in [9.17, 15) is 5.11 Å². The molecule has 0 saturated carbocycles. The Balaban J connectivity index is 2.07. The average molecular weight is 189 g/mol. The molecule has 1 atom stereocenters. The van der Waals surface area contributed by atoms with Gasteiger partial charge in [-0.2, -0.15) is 0 Å². The molecule has 72 valence electrons. The van der Waals surface area contributed by atoms with Gasteiger partial charge in [0.2, 0.25) is 0 Å². The second-order valence-corrected chi connectivity index (χ2v) is 3.01. The average Bonchev–Trinajstić information content (AvgIpc) is 2.72. The molecule has 2 aromatic heterocycles. The summed E-state index contributed by atoms with van der Waals surface area (Å²) in [6.07, 6.45) is 4.94. The van der Waals surface area contributed by atoms with E-state index in [0.29, 0.717) is 12.1 Å². The maximum Gasteiger partial charge on any atom is 0.109 e. The fraction of sp³-hybridized carbons (Fsp3) is 0.200. The van der Waals surface area contributed by atoms with E-state index >= 15 is 0 Å². The van der Waals surface area contributed by atoms with Crippen molar-refractivity contribution in [3.8, 4) is 0 Å². The predicted molar refractivity (Wildman–Crippen MR) is 51.5 cm³/mol. The summed E-state index contributed by atoms with van der Waals surface area (Å²) in [5.74, 6) is 0.767. The molecule has 2 N–H and O–H groups in total. The largest absolute Gasteiger partial charge is 0.386 e. The van der Waals surface area contributed by atoms with E-state index in [1.165, 1.54) is 0 Å². The third-order valence-corrected chi connectivity index (χ3v) is 1.97. The van der Waals surface area contributed by atoms with Crippen molar-refractivity contribution < 1.29 is 5.11 Å². The van der Waals surface area contributed by atoms with Crippen LogP contribution in [-0.2, 0) is 6.42 Å². The van der Waals surface area contributed by atoms with E-state index in [-0.39, 0.29) is 0 Å². The van der Waals surface area contributed by atoms with Crippen LogP contribution in [-0.4, -0.2) is 20.1 Å². The Bertz CT molecular complexity index is 372. The number of hydrogen-bond acceptors (Lipinski definition) is 3. The fourth-order valence-electron chi connectivity index (χ4n) is 1.27. The molecule has 0 aliphatic carbocycles. The van der Waals surface area contributed by atoms with Gasteiger partial charge in [0.1, 0.15) is 11.9 Å². The van der Waals surface area contributed by atoms with E-state index in [4.69, 9.17) is 0 Å². The van der Waals surface area contributed by atoms with E-state index < -0.39 is 6.10 Å². The zero-order chi connectivity index (χ0) is 9.80. The molecular formula is C10H11N3O. The van der Waals surface area contributed by atoms with Crippen molar-refractivity contribution in [1.29, 1.82) is 0 Å². The molecule has 0 spiro atoms. The third-order valence-electron chi connectivity index (χ3n) is 1.97. The Morgan fingerprint density at radius 3 is 2.86 bits per heavy atom. The second-order valence-electron chi connectivity index (χ2n) is 3.01. The summed E-state index contributed by atoms with van der Waals surface area (Å²) in [6, 6.07) is 5.48. The number of aromatic amines is 1. The monoisotopic (exact) mass is 189 g/mol. The number of nitrogens with one attached hydrogen (secondary N) is 1. The summed E-state index contributed by atoms with van der Waals surface area (Å²) >= 11 is 0. The van der Waals surface area contributed by atoms with Gasteiger partial charge >= 0.3 is 0 Å². The van der Waals surface area contributed by atoms with Crippen molar-refractivity contribution in [1.82, 2.24) is 15.0 Å². The molecule has 4 heteroatoms. The quantitative estimate of drug-likeness (QED) is 0.759. The van der Waals surface area contributed by atoms with E-state index in [2.05, 4.69) is 15.0 Å². The molecule has 0 aliphatic heterocycles. The zero-order valence-electron chi connectivity index (χ0n) is 7.59. The van der Waals surface area contributed by atoms with Gasteiger partial charge in [-0.1, -0.05) is 6.07 Å². The Hall–Kier alpha value is -1.68. The lowest BCUT2D eigenvalue weighted by atomic mass is 10.1. The van der Waals surface area contributed by atoms with Crippen molar-refractivity contribution in [2.24, 2.45) is 0 Å². The van der Waals surface area contributed by atoms with Crippen LogP contribution in [0.4, 0.5) is 0 Å². The molecular weight excluding hydrogens is 178 g/mol. The molecule has 14 heavy (non-hydrogen) atoms. The van der Waals surface area contributed by atoms with Crippen LogP contribution in [0.25, 0.3) is 0 Å². The SMILES string of the molecule is OC(Cc1ncc[nH]1)c1ccccn1. The first-order valence-electron chi connectivity index (χ1n) is 4.43. The number of pyridine rings is 1. The molecule has 0 bridgehead atoms. The molecule has 4 nitrogen and oxygen atoms in total. The number of aliphatic hydroxyl groups excluding tert-OH is 1. The number of hydrogen-bond donors (Lipinski definition) is 2. The van der Waals surface area contributed by atoms with Crippen molar-refractivity contribution >= 4 is 0 Å². The molecule has 0 fully saturated rings. The zero-order valence-corrected chi connectivity index (χ0v) is 7.59. The summed E-state index contributed by atoms with van der Waals surface area (Å²) in [7, 11) is 0. The van der Waals surface area contributed by atoms with Gasteiger partial charge in [0.25, 0.3) is 0 Å². The predicted octanol–water partition coefficient (Wildman–Crippen LogP) is 1.08. The molecule has 2 rings (SSSR count). The first-order valence-corrected chi connectivity index (χ1v) is 4.43. The maximum atomic E-state index is 9.77. The number of aliphatic hydroxyl groups is 1. The highest BCUT2D eigenvalue weighted by atomic mass is 16.3. The van der Waals surface area contributed by atoms with Gasteiger partial charge in [-0.05, 0) is 12.1 Å². The van der Waals surface area contributed by atoms with Gasteiger partial charge in [0, 0.05) is 25.0 Å². The normalized spacial score (nSPS) is 12.6. The first kappa shape index (κ1) is 8.90. The molecule has 0 radical (unpaired) electrons. The molecule has 2 heterocycles. The molecule has 0 amide bonds. The van der Waals surface area contributed by atoms with Crippen LogP contribution in [0.15, 0.2) is 36.8 Å². The van der Waals surface area contributed by atoms with Gasteiger partial charge in [-0.15, -0.1) is 0 Å². The third kappa shape index (κ3) is 1.97. The van der Waals surface area contributed by atoms with E-state index in [0.717, 1.165) is 5.82 Å². The summed E-state index contributed by atoms with van der Waals surface area (Å²) in [4.78, 5) is 11.0. The minimum Gasteiger partial charge on any atom is -0.386 e. The van der Waals surface area contributed by atoms with Gasteiger partial charge in [-0.25, -0.2) is 4.98 Å².